The topological polar surface area (TPSA) is 47.6 Å². The van der Waals surface area contributed by atoms with E-state index in [0.29, 0.717) is 18.9 Å². The number of hydrogen-bond donors (Lipinski definition) is 1. The third-order valence-corrected chi connectivity index (χ3v) is 3.82. The Morgan fingerprint density at radius 3 is 2.54 bits per heavy atom. The molecule has 0 fully saturated rings. The Balaban J connectivity index is 1.73. The predicted molar refractivity (Wildman–Crippen MR) is 95.7 cm³/mol. The van der Waals surface area contributed by atoms with Crippen molar-refractivity contribution in [3.05, 3.63) is 59.2 Å². The van der Waals surface area contributed by atoms with E-state index in [1.165, 1.54) is 11.1 Å². The van der Waals surface area contributed by atoms with Crippen LogP contribution in [0, 0.1) is 20.8 Å². The highest BCUT2D eigenvalue weighted by Gasteiger charge is 2.14. The summed E-state index contributed by atoms with van der Waals surface area (Å²) >= 11 is 0. The zero-order valence-corrected chi connectivity index (χ0v) is 14.8. The second kappa shape index (κ2) is 8.39. The summed E-state index contributed by atoms with van der Waals surface area (Å²) in [4.78, 5) is 12.1. The minimum atomic E-state index is -0.548. The zero-order valence-electron chi connectivity index (χ0n) is 14.8. The molecule has 0 aliphatic carbocycles. The van der Waals surface area contributed by atoms with Crippen LogP contribution in [-0.4, -0.2) is 25.2 Å². The van der Waals surface area contributed by atoms with Crippen molar-refractivity contribution in [3.63, 3.8) is 0 Å². The highest BCUT2D eigenvalue weighted by molar-refractivity contribution is 5.80. The van der Waals surface area contributed by atoms with Gasteiger partial charge in [0.1, 0.15) is 18.1 Å². The molecule has 0 aromatic heterocycles. The molecule has 0 heterocycles. The molecule has 0 saturated heterocycles. The average molecular weight is 327 g/mol. The van der Waals surface area contributed by atoms with E-state index in [1.54, 1.807) is 6.92 Å². The molecule has 0 bridgehead atoms. The van der Waals surface area contributed by atoms with Crippen LogP contribution in [0.2, 0.25) is 0 Å². The van der Waals surface area contributed by atoms with Crippen LogP contribution in [-0.2, 0) is 4.79 Å². The van der Waals surface area contributed by atoms with Crippen LogP contribution in [0.1, 0.15) is 23.6 Å². The number of benzene rings is 2. The number of nitrogens with one attached hydrogen (secondary N) is 1. The summed E-state index contributed by atoms with van der Waals surface area (Å²) < 4.78 is 11.3. The Morgan fingerprint density at radius 1 is 1.04 bits per heavy atom. The molecule has 4 heteroatoms. The van der Waals surface area contributed by atoms with Crippen molar-refractivity contribution < 1.29 is 14.3 Å². The van der Waals surface area contributed by atoms with Gasteiger partial charge >= 0.3 is 0 Å². The number of ether oxygens (including phenoxy) is 2. The fourth-order valence-corrected chi connectivity index (χ4v) is 2.24. The molecule has 1 atom stereocenters. The van der Waals surface area contributed by atoms with Crippen LogP contribution in [0.5, 0.6) is 11.5 Å². The lowest BCUT2D eigenvalue weighted by Crippen LogP contribution is -2.38. The van der Waals surface area contributed by atoms with E-state index < -0.39 is 6.10 Å². The van der Waals surface area contributed by atoms with Crippen molar-refractivity contribution in [2.24, 2.45) is 0 Å². The summed E-state index contributed by atoms with van der Waals surface area (Å²) in [7, 11) is 0. The van der Waals surface area contributed by atoms with Crippen LogP contribution in [0.25, 0.3) is 0 Å². The Bertz CT molecular complexity index is 697. The summed E-state index contributed by atoms with van der Waals surface area (Å²) in [5, 5.41) is 2.82. The number of hydrogen-bond acceptors (Lipinski definition) is 3. The molecule has 128 valence electrons. The lowest BCUT2D eigenvalue weighted by molar-refractivity contribution is -0.127. The van der Waals surface area contributed by atoms with E-state index >= 15 is 0 Å². The summed E-state index contributed by atoms with van der Waals surface area (Å²) in [6.07, 6.45) is -0.548. The SMILES string of the molecule is Cc1cccc(O[C@@H](C)C(=O)NCCOc2ccc(C)c(C)c2)c1. The largest absolute Gasteiger partial charge is 0.492 e. The molecule has 1 amide bonds. The normalized spacial score (nSPS) is 11.7. The Labute approximate surface area is 143 Å². The molecule has 2 aromatic rings. The van der Waals surface area contributed by atoms with E-state index in [-0.39, 0.29) is 5.91 Å². The lowest BCUT2D eigenvalue weighted by Gasteiger charge is -2.15. The van der Waals surface area contributed by atoms with Gasteiger partial charge in [0, 0.05) is 0 Å². The minimum absolute atomic E-state index is 0.153. The van der Waals surface area contributed by atoms with Gasteiger partial charge in [0.25, 0.3) is 5.91 Å². The molecule has 1 N–H and O–H groups in total. The fraction of sp³-hybridized carbons (Fsp3) is 0.350. The fourth-order valence-electron chi connectivity index (χ4n) is 2.24. The van der Waals surface area contributed by atoms with Crippen LogP contribution in [0.3, 0.4) is 0 Å². The van der Waals surface area contributed by atoms with E-state index in [9.17, 15) is 4.79 Å². The van der Waals surface area contributed by atoms with Gasteiger partial charge in [-0.15, -0.1) is 0 Å². The molecule has 0 aliphatic rings. The first-order valence-electron chi connectivity index (χ1n) is 8.17. The highest BCUT2D eigenvalue weighted by atomic mass is 16.5. The maximum absolute atomic E-state index is 12.1. The molecular weight excluding hydrogens is 302 g/mol. The van der Waals surface area contributed by atoms with Gasteiger partial charge in [-0.1, -0.05) is 18.2 Å². The van der Waals surface area contributed by atoms with Crippen molar-refractivity contribution in [1.82, 2.24) is 5.32 Å². The van der Waals surface area contributed by atoms with Crippen molar-refractivity contribution in [2.45, 2.75) is 33.8 Å². The molecular formula is C20H25NO3. The maximum atomic E-state index is 12.1. The first-order chi connectivity index (χ1) is 11.5. The van der Waals surface area contributed by atoms with Crippen molar-refractivity contribution in [1.29, 1.82) is 0 Å². The first-order valence-corrected chi connectivity index (χ1v) is 8.17. The van der Waals surface area contributed by atoms with E-state index in [1.807, 2.05) is 56.3 Å². The molecule has 0 spiro atoms. The van der Waals surface area contributed by atoms with E-state index in [0.717, 1.165) is 11.3 Å². The molecule has 4 nitrogen and oxygen atoms in total. The quantitative estimate of drug-likeness (QED) is 0.791. The third kappa shape index (κ3) is 5.30. The highest BCUT2D eigenvalue weighted by Crippen LogP contribution is 2.16. The number of carbonyl (C=O) groups is 1. The maximum Gasteiger partial charge on any atom is 0.260 e. The first kappa shape index (κ1) is 17.9. The third-order valence-electron chi connectivity index (χ3n) is 3.82. The van der Waals surface area contributed by atoms with Gasteiger partial charge in [-0.3, -0.25) is 4.79 Å². The van der Waals surface area contributed by atoms with E-state index in [4.69, 9.17) is 9.47 Å². The molecule has 0 saturated carbocycles. The molecule has 0 aliphatic heterocycles. The van der Waals surface area contributed by atoms with Crippen LogP contribution < -0.4 is 14.8 Å². The molecule has 2 aromatic carbocycles. The van der Waals surface area contributed by atoms with Gasteiger partial charge in [0.2, 0.25) is 0 Å². The van der Waals surface area contributed by atoms with Crippen LogP contribution in [0.4, 0.5) is 0 Å². The van der Waals surface area contributed by atoms with Crippen molar-refractivity contribution >= 4 is 5.91 Å². The van der Waals surface area contributed by atoms with E-state index in [2.05, 4.69) is 12.2 Å². The number of carbonyl (C=O) groups excluding carboxylic acids is 1. The Morgan fingerprint density at radius 2 is 1.83 bits per heavy atom. The molecule has 2 rings (SSSR count). The Hall–Kier alpha value is -2.49. The van der Waals surface area contributed by atoms with Gasteiger partial charge in [0.05, 0.1) is 6.54 Å². The zero-order chi connectivity index (χ0) is 17.5. The Kier molecular flexibility index (Phi) is 6.24. The van der Waals surface area contributed by atoms with Gasteiger partial charge in [0.15, 0.2) is 6.10 Å². The van der Waals surface area contributed by atoms with Gasteiger partial charge in [-0.05, 0) is 68.7 Å². The molecule has 0 radical (unpaired) electrons. The van der Waals surface area contributed by atoms with Crippen molar-refractivity contribution in [2.75, 3.05) is 13.2 Å². The number of rotatable bonds is 7. The standard InChI is InChI=1S/C20H25NO3/c1-14-6-5-7-19(12-14)24-17(4)20(22)21-10-11-23-18-9-8-15(2)16(3)13-18/h5-9,12-13,17H,10-11H2,1-4H3,(H,21,22)/t17-/m0/s1. The average Bonchev–Trinajstić information content (AvgIpc) is 2.54. The monoisotopic (exact) mass is 327 g/mol. The second-order valence-electron chi connectivity index (χ2n) is 5.96. The smallest absolute Gasteiger partial charge is 0.260 e. The number of aryl methyl sites for hydroxylation is 3. The molecule has 24 heavy (non-hydrogen) atoms. The predicted octanol–water partition coefficient (Wildman–Crippen LogP) is 3.57. The summed E-state index contributed by atoms with van der Waals surface area (Å²) in [6.45, 7) is 8.70. The van der Waals surface area contributed by atoms with Crippen LogP contribution in [0.15, 0.2) is 42.5 Å². The summed E-state index contributed by atoms with van der Waals surface area (Å²) in [5.41, 5.74) is 3.52. The van der Waals surface area contributed by atoms with Gasteiger partial charge in [-0.25, -0.2) is 0 Å². The molecule has 0 unspecified atom stereocenters. The van der Waals surface area contributed by atoms with Crippen LogP contribution >= 0.6 is 0 Å². The summed E-state index contributed by atoms with van der Waals surface area (Å²) in [5.74, 6) is 1.36. The minimum Gasteiger partial charge on any atom is -0.492 e. The summed E-state index contributed by atoms with van der Waals surface area (Å²) in [6, 6.07) is 13.6. The van der Waals surface area contributed by atoms with Crippen molar-refractivity contribution in [3.8, 4) is 11.5 Å². The van der Waals surface area contributed by atoms with Gasteiger partial charge in [-0.2, -0.15) is 0 Å². The van der Waals surface area contributed by atoms with Gasteiger partial charge < -0.3 is 14.8 Å². The second-order valence-corrected chi connectivity index (χ2v) is 5.96. The lowest BCUT2D eigenvalue weighted by atomic mass is 10.1. The number of amides is 1.